The topological polar surface area (TPSA) is 40.6 Å². The van der Waals surface area contributed by atoms with Gasteiger partial charge in [0.25, 0.3) is 11.8 Å². The number of carbonyl (C=O) groups is 2. The number of amides is 2. The van der Waals surface area contributed by atoms with E-state index in [0.29, 0.717) is 13.1 Å². The summed E-state index contributed by atoms with van der Waals surface area (Å²) in [7, 11) is 0. The molecule has 0 atom stereocenters. The van der Waals surface area contributed by atoms with Crippen molar-refractivity contribution in [1.82, 2.24) is 10.0 Å². The predicted molar refractivity (Wildman–Crippen MR) is 66.6 cm³/mol. The van der Waals surface area contributed by atoms with Crippen LogP contribution in [0.2, 0.25) is 0 Å². The summed E-state index contributed by atoms with van der Waals surface area (Å²) in [5.74, 6) is -0.743. The lowest BCUT2D eigenvalue weighted by Crippen LogP contribution is -2.45. The van der Waals surface area contributed by atoms with Crippen molar-refractivity contribution in [3.05, 3.63) is 35.4 Å². The quantitative estimate of drug-likeness (QED) is 0.702. The Bertz CT molecular complexity index is 488. The molecule has 2 amide bonds. The number of nitrogens with zero attached hydrogens (tertiary/aromatic N) is 2. The molecule has 94 valence electrons. The minimum Gasteiger partial charge on any atom is -0.272 e. The Morgan fingerprint density at radius 3 is 2.11 bits per heavy atom. The van der Waals surface area contributed by atoms with Gasteiger partial charge in [-0.25, -0.2) is 0 Å². The van der Waals surface area contributed by atoms with E-state index in [2.05, 4.69) is 0 Å². The minimum absolute atomic E-state index is 0.0611. The van der Waals surface area contributed by atoms with E-state index < -0.39 is 5.92 Å². The third kappa shape index (κ3) is 1.52. The Morgan fingerprint density at radius 1 is 1.00 bits per heavy atom. The van der Waals surface area contributed by atoms with Crippen LogP contribution in [0.25, 0.3) is 0 Å². The lowest BCUT2D eigenvalue weighted by atomic mass is 9.94. The maximum atomic E-state index is 12.4. The number of hydrazine groups is 1. The standard InChI is InChI=1S/C14H16N2O2/c1-10-6-2-3-7-11(10)12-13(17)15-8-4-5-9-16(15)14(12)18/h2-3,6-7,12H,4-5,8-9H2,1H3. The predicted octanol–water partition coefficient (Wildman–Crippen LogP) is 1.46. The normalized spacial score (nSPS) is 20.5. The summed E-state index contributed by atoms with van der Waals surface area (Å²) in [6, 6.07) is 7.64. The zero-order valence-corrected chi connectivity index (χ0v) is 10.4. The third-order valence-electron chi connectivity index (χ3n) is 3.78. The molecule has 4 heteroatoms. The molecule has 2 aliphatic rings. The molecule has 0 aromatic heterocycles. The van der Waals surface area contributed by atoms with Crippen LogP contribution in [0, 0.1) is 6.92 Å². The van der Waals surface area contributed by atoms with Crippen molar-refractivity contribution in [2.24, 2.45) is 0 Å². The highest BCUT2D eigenvalue weighted by Crippen LogP contribution is 2.32. The van der Waals surface area contributed by atoms with Crippen molar-refractivity contribution in [3.8, 4) is 0 Å². The van der Waals surface area contributed by atoms with Gasteiger partial charge in [0.1, 0.15) is 5.92 Å². The zero-order valence-electron chi connectivity index (χ0n) is 10.4. The van der Waals surface area contributed by atoms with Gasteiger partial charge >= 0.3 is 0 Å². The number of rotatable bonds is 1. The van der Waals surface area contributed by atoms with Gasteiger partial charge in [-0.1, -0.05) is 24.3 Å². The summed E-state index contributed by atoms with van der Waals surface area (Å²) in [6.45, 7) is 3.29. The molecule has 18 heavy (non-hydrogen) atoms. The monoisotopic (exact) mass is 244 g/mol. The van der Waals surface area contributed by atoms with Gasteiger partial charge in [0.2, 0.25) is 0 Å². The molecule has 0 radical (unpaired) electrons. The molecule has 0 saturated carbocycles. The summed E-state index contributed by atoms with van der Waals surface area (Å²) >= 11 is 0. The van der Waals surface area contributed by atoms with E-state index in [1.807, 2.05) is 31.2 Å². The van der Waals surface area contributed by atoms with Crippen molar-refractivity contribution in [3.63, 3.8) is 0 Å². The molecule has 2 heterocycles. The molecule has 0 spiro atoms. The Labute approximate surface area is 106 Å². The Hall–Kier alpha value is -1.84. The first kappa shape index (κ1) is 11.3. The van der Waals surface area contributed by atoms with E-state index in [-0.39, 0.29) is 11.8 Å². The molecular formula is C14H16N2O2. The summed E-state index contributed by atoms with van der Waals surface area (Å²) in [5, 5.41) is 3.26. The fourth-order valence-corrected chi connectivity index (χ4v) is 2.80. The maximum absolute atomic E-state index is 12.4. The number of carbonyl (C=O) groups excluding carboxylic acids is 2. The number of hydrogen-bond acceptors (Lipinski definition) is 2. The molecule has 0 unspecified atom stereocenters. The number of hydrogen-bond donors (Lipinski definition) is 0. The molecule has 0 aliphatic carbocycles. The van der Waals surface area contributed by atoms with E-state index in [4.69, 9.17) is 0 Å². The molecule has 2 fully saturated rings. The van der Waals surface area contributed by atoms with Crippen LogP contribution in [0.4, 0.5) is 0 Å². The van der Waals surface area contributed by atoms with Crippen LogP contribution in [0.5, 0.6) is 0 Å². The van der Waals surface area contributed by atoms with Crippen LogP contribution in [-0.2, 0) is 9.59 Å². The minimum atomic E-state index is -0.621. The van der Waals surface area contributed by atoms with Gasteiger partial charge in [0.05, 0.1) is 0 Å². The first-order valence-electron chi connectivity index (χ1n) is 6.38. The molecule has 3 rings (SSSR count). The van der Waals surface area contributed by atoms with Crippen molar-refractivity contribution >= 4 is 11.8 Å². The van der Waals surface area contributed by atoms with E-state index in [1.165, 1.54) is 0 Å². The highest BCUT2D eigenvalue weighted by atomic mass is 16.2. The van der Waals surface area contributed by atoms with Gasteiger partial charge in [-0.2, -0.15) is 0 Å². The summed E-state index contributed by atoms with van der Waals surface area (Å²) in [4.78, 5) is 24.7. The molecule has 0 N–H and O–H groups in total. The molecular weight excluding hydrogens is 228 g/mol. The average molecular weight is 244 g/mol. The molecule has 2 saturated heterocycles. The van der Waals surface area contributed by atoms with Gasteiger partial charge in [0.15, 0.2) is 0 Å². The van der Waals surface area contributed by atoms with Crippen LogP contribution >= 0.6 is 0 Å². The molecule has 1 aromatic rings. The van der Waals surface area contributed by atoms with Gasteiger partial charge in [0, 0.05) is 13.1 Å². The number of benzene rings is 1. The highest BCUT2D eigenvalue weighted by molar-refractivity contribution is 6.10. The second-order valence-electron chi connectivity index (χ2n) is 4.92. The maximum Gasteiger partial charge on any atom is 0.258 e. The van der Waals surface area contributed by atoms with E-state index in [0.717, 1.165) is 24.0 Å². The first-order valence-corrected chi connectivity index (χ1v) is 6.38. The van der Waals surface area contributed by atoms with Gasteiger partial charge in [-0.15, -0.1) is 0 Å². The van der Waals surface area contributed by atoms with Crippen molar-refractivity contribution in [1.29, 1.82) is 0 Å². The van der Waals surface area contributed by atoms with E-state index >= 15 is 0 Å². The summed E-state index contributed by atoms with van der Waals surface area (Å²) < 4.78 is 0. The first-order chi connectivity index (χ1) is 8.70. The van der Waals surface area contributed by atoms with Crippen LogP contribution in [0.3, 0.4) is 0 Å². The van der Waals surface area contributed by atoms with Crippen molar-refractivity contribution < 1.29 is 9.59 Å². The fourth-order valence-electron chi connectivity index (χ4n) is 2.80. The summed E-state index contributed by atoms with van der Waals surface area (Å²) in [5.41, 5.74) is 1.85. The molecule has 0 bridgehead atoms. The Balaban J connectivity index is 2.00. The van der Waals surface area contributed by atoms with Gasteiger partial charge < -0.3 is 0 Å². The Kier molecular flexibility index (Phi) is 2.58. The van der Waals surface area contributed by atoms with E-state index in [1.54, 1.807) is 10.0 Å². The molecule has 2 aliphatic heterocycles. The van der Waals surface area contributed by atoms with Crippen LogP contribution < -0.4 is 0 Å². The highest BCUT2D eigenvalue weighted by Gasteiger charge is 2.47. The Morgan fingerprint density at radius 2 is 1.56 bits per heavy atom. The fraction of sp³-hybridized carbons (Fsp3) is 0.429. The lowest BCUT2D eigenvalue weighted by molar-refractivity contribution is -0.150. The molecule has 4 nitrogen and oxygen atoms in total. The summed E-state index contributed by atoms with van der Waals surface area (Å²) in [6.07, 6.45) is 1.96. The SMILES string of the molecule is Cc1ccccc1C1C(=O)N2CCCCN2C1=O. The number of fused-ring (bicyclic) bond motifs is 1. The average Bonchev–Trinajstić information content (AvgIpc) is 2.64. The van der Waals surface area contributed by atoms with Crippen molar-refractivity contribution in [2.45, 2.75) is 25.7 Å². The molecule has 1 aromatic carbocycles. The second kappa shape index (κ2) is 4.12. The van der Waals surface area contributed by atoms with E-state index in [9.17, 15) is 9.59 Å². The van der Waals surface area contributed by atoms with Gasteiger partial charge in [-0.05, 0) is 30.9 Å². The van der Waals surface area contributed by atoms with Crippen LogP contribution in [-0.4, -0.2) is 34.9 Å². The third-order valence-corrected chi connectivity index (χ3v) is 3.78. The largest absolute Gasteiger partial charge is 0.272 e. The smallest absolute Gasteiger partial charge is 0.258 e. The number of aryl methyl sites for hydroxylation is 1. The second-order valence-corrected chi connectivity index (χ2v) is 4.92. The lowest BCUT2D eigenvalue weighted by Gasteiger charge is -2.31. The van der Waals surface area contributed by atoms with Crippen molar-refractivity contribution in [2.75, 3.05) is 13.1 Å². The van der Waals surface area contributed by atoms with Gasteiger partial charge in [-0.3, -0.25) is 19.6 Å². The zero-order chi connectivity index (χ0) is 12.7. The van der Waals surface area contributed by atoms with Crippen LogP contribution in [0.15, 0.2) is 24.3 Å². The van der Waals surface area contributed by atoms with Crippen LogP contribution in [0.1, 0.15) is 29.9 Å².